The molecular formula is C21H18ClN3O3. The zero-order valence-corrected chi connectivity index (χ0v) is 15.6. The van der Waals surface area contributed by atoms with Crippen molar-refractivity contribution < 1.29 is 14.3 Å². The summed E-state index contributed by atoms with van der Waals surface area (Å²) in [5.74, 6) is 0.0938. The highest BCUT2D eigenvalue weighted by atomic mass is 35.5. The molecule has 0 spiro atoms. The van der Waals surface area contributed by atoms with Gasteiger partial charge in [-0.25, -0.2) is 4.79 Å². The number of amides is 3. The van der Waals surface area contributed by atoms with Crippen molar-refractivity contribution in [2.75, 3.05) is 17.2 Å². The van der Waals surface area contributed by atoms with Gasteiger partial charge in [-0.3, -0.25) is 4.79 Å². The van der Waals surface area contributed by atoms with E-state index in [1.807, 2.05) is 36.4 Å². The summed E-state index contributed by atoms with van der Waals surface area (Å²) < 4.78 is 5.52. The number of nitrogens with two attached hydrogens (primary N) is 1. The van der Waals surface area contributed by atoms with Gasteiger partial charge in [0.2, 0.25) is 0 Å². The van der Waals surface area contributed by atoms with Crippen molar-refractivity contribution in [3.8, 4) is 16.9 Å². The second kappa shape index (κ2) is 8.92. The van der Waals surface area contributed by atoms with E-state index in [0.29, 0.717) is 22.1 Å². The fourth-order valence-corrected chi connectivity index (χ4v) is 2.78. The minimum Gasteiger partial charge on any atom is -0.482 e. The van der Waals surface area contributed by atoms with E-state index in [1.54, 1.807) is 36.4 Å². The number of urea groups is 1. The Morgan fingerprint density at radius 1 is 0.857 bits per heavy atom. The molecule has 0 aliphatic heterocycles. The summed E-state index contributed by atoms with van der Waals surface area (Å²) in [6.07, 6.45) is 0. The Bertz CT molecular complexity index is 976. The van der Waals surface area contributed by atoms with Crippen LogP contribution < -0.4 is 21.1 Å². The fraction of sp³-hybridized carbons (Fsp3) is 0.0476. The van der Waals surface area contributed by atoms with Gasteiger partial charge in [0.1, 0.15) is 5.75 Å². The predicted molar refractivity (Wildman–Crippen MR) is 111 cm³/mol. The smallest absolute Gasteiger partial charge is 0.316 e. The standard InChI is InChI=1S/C21H18ClN3O3/c22-18-12-15(14-4-2-1-3-5-14)6-11-19(18)28-13-20(26)24-16-7-9-17(10-8-16)25-21(23)27/h1-12H,13H2,(H,24,26)(H3,23,25,27). The van der Waals surface area contributed by atoms with Crippen LogP contribution >= 0.6 is 11.6 Å². The lowest BCUT2D eigenvalue weighted by Gasteiger charge is -2.11. The molecule has 4 N–H and O–H groups in total. The lowest BCUT2D eigenvalue weighted by molar-refractivity contribution is -0.118. The van der Waals surface area contributed by atoms with E-state index in [1.165, 1.54) is 0 Å². The summed E-state index contributed by atoms with van der Waals surface area (Å²) in [7, 11) is 0. The molecular weight excluding hydrogens is 378 g/mol. The molecule has 3 aromatic rings. The fourth-order valence-electron chi connectivity index (χ4n) is 2.55. The monoisotopic (exact) mass is 395 g/mol. The van der Waals surface area contributed by atoms with E-state index < -0.39 is 6.03 Å². The number of carbonyl (C=O) groups excluding carboxylic acids is 2. The van der Waals surface area contributed by atoms with Crippen molar-refractivity contribution in [3.05, 3.63) is 77.8 Å². The van der Waals surface area contributed by atoms with E-state index in [9.17, 15) is 9.59 Å². The van der Waals surface area contributed by atoms with Crippen LogP contribution in [0.2, 0.25) is 5.02 Å². The first-order valence-corrected chi connectivity index (χ1v) is 8.83. The number of rotatable bonds is 6. The Labute approximate surface area is 167 Å². The predicted octanol–water partition coefficient (Wildman–Crippen LogP) is 4.52. The highest BCUT2D eigenvalue weighted by molar-refractivity contribution is 6.32. The molecule has 142 valence electrons. The normalized spacial score (nSPS) is 10.2. The quantitative estimate of drug-likeness (QED) is 0.573. The molecule has 0 bridgehead atoms. The third kappa shape index (κ3) is 5.25. The van der Waals surface area contributed by atoms with Crippen LogP contribution in [0, 0.1) is 0 Å². The highest BCUT2D eigenvalue weighted by Gasteiger charge is 2.08. The van der Waals surface area contributed by atoms with Gasteiger partial charge in [-0.15, -0.1) is 0 Å². The van der Waals surface area contributed by atoms with Gasteiger partial charge in [-0.1, -0.05) is 48.0 Å². The summed E-state index contributed by atoms with van der Waals surface area (Å²) in [5, 5.41) is 5.57. The Kier molecular flexibility index (Phi) is 6.14. The van der Waals surface area contributed by atoms with E-state index >= 15 is 0 Å². The van der Waals surface area contributed by atoms with Crippen molar-refractivity contribution in [3.63, 3.8) is 0 Å². The minimum atomic E-state index is -0.652. The number of halogens is 1. The van der Waals surface area contributed by atoms with Crippen molar-refractivity contribution in [2.24, 2.45) is 5.73 Å². The molecule has 3 aromatic carbocycles. The molecule has 0 saturated heterocycles. The van der Waals surface area contributed by atoms with Crippen LogP contribution in [-0.4, -0.2) is 18.5 Å². The van der Waals surface area contributed by atoms with Crippen molar-refractivity contribution in [1.29, 1.82) is 0 Å². The zero-order valence-electron chi connectivity index (χ0n) is 14.8. The number of hydrogen-bond donors (Lipinski definition) is 3. The van der Waals surface area contributed by atoms with Gasteiger partial charge in [0.05, 0.1) is 5.02 Å². The van der Waals surface area contributed by atoms with Gasteiger partial charge in [-0.05, 0) is 47.5 Å². The molecule has 6 nitrogen and oxygen atoms in total. The van der Waals surface area contributed by atoms with Crippen LogP contribution in [0.1, 0.15) is 0 Å². The summed E-state index contributed by atoms with van der Waals surface area (Å²) in [6, 6.07) is 21.1. The third-order valence-electron chi connectivity index (χ3n) is 3.83. The van der Waals surface area contributed by atoms with E-state index in [4.69, 9.17) is 22.1 Å². The largest absolute Gasteiger partial charge is 0.482 e. The average molecular weight is 396 g/mol. The topological polar surface area (TPSA) is 93.5 Å². The van der Waals surface area contributed by atoms with E-state index in [-0.39, 0.29) is 12.5 Å². The maximum atomic E-state index is 12.1. The summed E-state index contributed by atoms with van der Waals surface area (Å²) >= 11 is 6.28. The maximum Gasteiger partial charge on any atom is 0.316 e. The molecule has 0 atom stereocenters. The van der Waals surface area contributed by atoms with Crippen LogP contribution in [0.15, 0.2) is 72.8 Å². The first kappa shape index (κ1) is 19.3. The average Bonchev–Trinajstić information content (AvgIpc) is 2.69. The Hall–Kier alpha value is -3.51. The lowest BCUT2D eigenvalue weighted by atomic mass is 10.1. The molecule has 0 saturated carbocycles. The number of carbonyl (C=O) groups is 2. The Morgan fingerprint density at radius 2 is 1.50 bits per heavy atom. The third-order valence-corrected chi connectivity index (χ3v) is 4.13. The maximum absolute atomic E-state index is 12.1. The van der Waals surface area contributed by atoms with Crippen LogP contribution in [-0.2, 0) is 4.79 Å². The van der Waals surface area contributed by atoms with Crippen LogP contribution in [0.25, 0.3) is 11.1 Å². The molecule has 0 aliphatic carbocycles. The van der Waals surface area contributed by atoms with Gasteiger partial charge >= 0.3 is 6.03 Å². The highest BCUT2D eigenvalue weighted by Crippen LogP contribution is 2.30. The summed E-state index contributed by atoms with van der Waals surface area (Å²) in [5.41, 5.74) is 8.15. The molecule has 0 aliphatic rings. The Morgan fingerprint density at radius 3 is 2.11 bits per heavy atom. The molecule has 3 rings (SSSR count). The van der Waals surface area contributed by atoms with Gasteiger partial charge < -0.3 is 21.1 Å². The lowest BCUT2D eigenvalue weighted by Crippen LogP contribution is -2.21. The molecule has 0 radical (unpaired) electrons. The minimum absolute atomic E-state index is 0.189. The van der Waals surface area contributed by atoms with Crippen LogP contribution in [0.4, 0.5) is 16.2 Å². The first-order valence-electron chi connectivity index (χ1n) is 8.45. The molecule has 0 unspecified atom stereocenters. The zero-order chi connectivity index (χ0) is 19.9. The Balaban J connectivity index is 1.56. The van der Waals surface area contributed by atoms with Gasteiger partial charge in [0.25, 0.3) is 5.91 Å². The van der Waals surface area contributed by atoms with Gasteiger partial charge in [0, 0.05) is 11.4 Å². The van der Waals surface area contributed by atoms with Gasteiger partial charge in [0.15, 0.2) is 6.61 Å². The molecule has 0 aromatic heterocycles. The SMILES string of the molecule is NC(=O)Nc1ccc(NC(=O)COc2ccc(-c3ccccc3)cc2Cl)cc1. The van der Waals surface area contributed by atoms with E-state index in [2.05, 4.69) is 10.6 Å². The number of hydrogen-bond acceptors (Lipinski definition) is 3. The molecule has 3 amide bonds. The van der Waals surface area contributed by atoms with Gasteiger partial charge in [-0.2, -0.15) is 0 Å². The number of anilines is 2. The van der Waals surface area contributed by atoms with Crippen molar-refractivity contribution in [2.45, 2.75) is 0 Å². The van der Waals surface area contributed by atoms with Crippen LogP contribution in [0.5, 0.6) is 5.75 Å². The van der Waals surface area contributed by atoms with Crippen molar-refractivity contribution in [1.82, 2.24) is 0 Å². The first-order chi connectivity index (χ1) is 13.5. The number of primary amides is 1. The van der Waals surface area contributed by atoms with Crippen molar-refractivity contribution >= 4 is 34.9 Å². The van der Waals surface area contributed by atoms with Crippen LogP contribution in [0.3, 0.4) is 0 Å². The molecule has 28 heavy (non-hydrogen) atoms. The molecule has 0 heterocycles. The molecule has 7 heteroatoms. The van der Waals surface area contributed by atoms with E-state index in [0.717, 1.165) is 11.1 Å². The summed E-state index contributed by atoms with van der Waals surface area (Å²) in [6.45, 7) is -0.189. The summed E-state index contributed by atoms with van der Waals surface area (Å²) in [4.78, 5) is 22.9. The second-order valence-electron chi connectivity index (χ2n) is 5.91. The number of benzene rings is 3. The number of ether oxygens (including phenoxy) is 1. The number of nitrogens with one attached hydrogen (secondary N) is 2. The second-order valence-corrected chi connectivity index (χ2v) is 6.32. The molecule has 0 fully saturated rings.